The van der Waals surface area contributed by atoms with E-state index in [4.69, 9.17) is 0 Å². The predicted octanol–water partition coefficient (Wildman–Crippen LogP) is 18.1. The average molecular weight is 805 g/mol. The molecule has 1 fully saturated rings. The highest BCUT2D eigenvalue weighted by molar-refractivity contribution is 6.22. The standard InChI is InChI=1S/C63H48/c1-41-30-32-45(33-31-41)61-53-26-11-13-28-55(53)63(49-23-14-22-48(38-49)51-29-15-21-42-16-8-9-24-50(42)51)59-40-47(35-37-57(59)61)46-34-36-56-58(39-46)62(44-19-6-3-7-20-44)54-27-12-10-25-52(54)60(56)43-17-4-2-5-18-43/h2-29,34-41,45H,30-33H2,1H3. The minimum Gasteiger partial charge on any atom is -0.0625 e. The lowest BCUT2D eigenvalue weighted by atomic mass is 9.75. The van der Waals surface area contributed by atoms with Gasteiger partial charge in [-0.05, 0) is 158 Å². The Hall–Kier alpha value is -7.28. The number of rotatable bonds is 6. The van der Waals surface area contributed by atoms with Crippen molar-refractivity contribution >= 4 is 53.9 Å². The highest BCUT2D eigenvalue weighted by atomic mass is 14.3. The van der Waals surface area contributed by atoms with E-state index in [0.717, 1.165) is 5.92 Å². The molecule has 12 rings (SSSR count). The van der Waals surface area contributed by atoms with Gasteiger partial charge in [-0.1, -0.05) is 214 Å². The monoisotopic (exact) mass is 804 g/mol. The molecule has 0 spiro atoms. The summed E-state index contributed by atoms with van der Waals surface area (Å²) in [5.74, 6) is 1.32. The maximum atomic E-state index is 2.53. The number of benzene rings is 11. The molecule has 63 heavy (non-hydrogen) atoms. The van der Waals surface area contributed by atoms with Crippen molar-refractivity contribution < 1.29 is 0 Å². The molecule has 0 atom stereocenters. The van der Waals surface area contributed by atoms with Gasteiger partial charge in [-0.3, -0.25) is 0 Å². The Labute approximate surface area is 370 Å². The first-order valence-corrected chi connectivity index (χ1v) is 22.8. The van der Waals surface area contributed by atoms with Crippen LogP contribution in [0.2, 0.25) is 0 Å². The Kier molecular flexibility index (Phi) is 9.26. The third kappa shape index (κ3) is 6.44. The van der Waals surface area contributed by atoms with E-state index in [-0.39, 0.29) is 0 Å². The van der Waals surface area contributed by atoms with Crippen molar-refractivity contribution in [3.8, 4) is 55.6 Å². The third-order valence-electron chi connectivity index (χ3n) is 14.2. The van der Waals surface area contributed by atoms with Gasteiger partial charge in [0, 0.05) is 0 Å². The lowest BCUT2D eigenvalue weighted by Gasteiger charge is -2.29. The van der Waals surface area contributed by atoms with E-state index in [1.165, 1.54) is 141 Å². The quantitative estimate of drug-likeness (QED) is 0.147. The molecule has 0 amide bonds. The topological polar surface area (TPSA) is 0 Å². The second kappa shape index (κ2) is 15.6. The molecule has 300 valence electrons. The van der Waals surface area contributed by atoms with Gasteiger partial charge in [0.05, 0.1) is 0 Å². The normalized spacial score (nSPS) is 15.4. The van der Waals surface area contributed by atoms with Gasteiger partial charge in [0.2, 0.25) is 0 Å². The molecule has 0 saturated heterocycles. The molecule has 0 bridgehead atoms. The van der Waals surface area contributed by atoms with Crippen LogP contribution in [-0.2, 0) is 0 Å². The van der Waals surface area contributed by atoms with Crippen molar-refractivity contribution in [3.63, 3.8) is 0 Å². The first-order chi connectivity index (χ1) is 31.2. The Balaban J connectivity index is 1.13. The zero-order chi connectivity index (χ0) is 41.9. The fourth-order valence-electron chi connectivity index (χ4n) is 11.2. The van der Waals surface area contributed by atoms with Gasteiger partial charge in [0.25, 0.3) is 0 Å². The minimum absolute atomic E-state index is 0.536. The molecular weight excluding hydrogens is 757 g/mol. The highest BCUT2D eigenvalue weighted by Crippen LogP contribution is 2.49. The van der Waals surface area contributed by atoms with E-state index in [1.807, 2.05) is 0 Å². The van der Waals surface area contributed by atoms with Crippen molar-refractivity contribution in [3.05, 3.63) is 218 Å². The largest absolute Gasteiger partial charge is 0.0625 e. The van der Waals surface area contributed by atoms with Crippen LogP contribution >= 0.6 is 0 Å². The number of hydrogen-bond acceptors (Lipinski definition) is 0. The molecule has 0 radical (unpaired) electrons. The van der Waals surface area contributed by atoms with Gasteiger partial charge in [-0.15, -0.1) is 0 Å². The second-order valence-corrected chi connectivity index (χ2v) is 17.9. The van der Waals surface area contributed by atoms with Gasteiger partial charge in [-0.25, -0.2) is 0 Å². The predicted molar refractivity (Wildman–Crippen MR) is 272 cm³/mol. The van der Waals surface area contributed by atoms with E-state index in [2.05, 4.69) is 219 Å². The highest BCUT2D eigenvalue weighted by Gasteiger charge is 2.26. The summed E-state index contributed by atoms with van der Waals surface area (Å²) in [6.45, 7) is 2.43. The van der Waals surface area contributed by atoms with Crippen LogP contribution in [0, 0.1) is 5.92 Å². The van der Waals surface area contributed by atoms with Gasteiger partial charge in [0.15, 0.2) is 0 Å². The van der Waals surface area contributed by atoms with Crippen LogP contribution in [0.4, 0.5) is 0 Å². The molecule has 11 aromatic rings. The zero-order valence-corrected chi connectivity index (χ0v) is 35.7. The second-order valence-electron chi connectivity index (χ2n) is 17.9. The van der Waals surface area contributed by atoms with Crippen molar-refractivity contribution in [1.82, 2.24) is 0 Å². The van der Waals surface area contributed by atoms with Crippen molar-refractivity contribution in [2.24, 2.45) is 5.92 Å². The first kappa shape index (κ1) is 37.5. The summed E-state index contributed by atoms with van der Waals surface area (Å²) in [6.07, 6.45) is 5.05. The molecule has 1 aliphatic carbocycles. The van der Waals surface area contributed by atoms with Crippen LogP contribution in [0.3, 0.4) is 0 Å². The molecule has 0 aromatic heterocycles. The molecule has 11 aromatic carbocycles. The van der Waals surface area contributed by atoms with Crippen LogP contribution in [-0.4, -0.2) is 0 Å². The summed E-state index contributed by atoms with van der Waals surface area (Å²) in [5, 5.41) is 13.1. The van der Waals surface area contributed by atoms with Crippen molar-refractivity contribution in [2.75, 3.05) is 0 Å². The van der Waals surface area contributed by atoms with Crippen LogP contribution in [0.15, 0.2) is 212 Å². The maximum Gasteiger partial charge on any atom is -0.00262 e. The Bertz CT molecular complexity index is 3510. The first-order valence-electron chi connectivity index (χ1n) is 22.8. The van der Waals surface area contributed by atoms with E-state index in [1.54, 1.807) is 0 Å². The lowest BCUT2D eigenvalue weighted by molar-refractivity contribution is 0.350. The third-order valence-corrected chi connectivity index (χ3v) is 14.2. The molecule has 1 saturated carbocycles. The van der Waals surface area contributed by atoms with Crippen LogP contribution in [0.1, 0.15) is 44.1 Å². The van der Waals surface area contributed by atoms with E-state index in [9.17, 15) is 0 Å². The molecule has 1 aliphatic rings. The van der Waals surface area contributed by atoms with E-state index in [0.29, 0.717) is 5.92 Å². The Morgan fingerprint density at radius 2 is 0.714 bits per heavy atom. The summed E-state index contributed by atoms with van der Waals surface area (Å²) in [5.41, 5.74) is 14.1. The van der Waals surface area contributed by atoms with E-state index >= 15 is 0 Å². The summed E-state index contributed by atoms with van der Waals surface area (Å²) in [4.78, 5) is 0. The Morgan fingerprint density at radius 1 is 0.286 bits per heavy atom. The number of fused-ring (bicyclic) bond motifs is 5. The number of hydrogen-bond donors (Lipinski definition) is 0. The van der Waals surface area contributed by atoms with Gasteiger partial charge >= 0.3 is 0 Å². The SMILES string of the molecule is CC1CCC(c2c3ccccc3c(-c3cccc(-c4cccc5ccccc45)c3)c3cc(-c4ccc5c(-c6ccccc6)c6ccccc6c(-c6ccccc6)c5c4)ccc23)CC1. The molecule has 0 heterocycles. The van der Waals surface area contributed by atoms with Crippen molar-refractivity contribution in [1.29, 1.82) is 0 Å². The lowest BCUT2D eigenvalue weighted by Crippen LogP contribution is -2.12. The van der Waals surface area contributed by atoms with Crippen LogP contribution in [0.25, 0.3) is 109 Å². The van der Waals surface area contributed by atoms with Gasteiger partial charge in [-0.2, -0.15) is 0 Å². The fourth-order valence-corrected chi connectivity index (χ4v) is 11.2. The Morgan fingerprint density at radius 3 is 1.38 bits per heavy atom. The molecule has 0 unspecified atom stereocenters. The van der Waals surface area contributed by atoms with Crippen LogP contribution in [0.5, 0.6) is 0 Å². The van der Waals surface area contributed by atoms with Gasteiger partial charge in [0.1, 0.15) is 0 Å². The maximum absolute atomic E-state index is 2.53. The molecular formula is C63H48. The van der Waals surface area contributed by atoms with E-state index < -0.39 is 0 Å². The smallest absolute Gasteiger partial charge is 0.00262 e. The summed E-state index contributed by atoms with van der Waals surface area (Å²) >= 11 is 0. The zero-order valence-electron chi connectivity index (χ0n) is 35.7. The molecule has 0 N–H and O–H groups in total. The van der Waals surface area contributed by atoms with Crippen LogP contribution < -0.4 is 0 Å². The summed E-state index contributed by atoms with van der Waals surface area (Å²) in [7, 11) is 0. The van der Waals surface area contributed by atoms with Gasteiger partial charge < -0.3 is 0 Å². The molecule has 0 nitrogen and oxygen atoms in total. The molecule has 0 aliphatic heterocycles. The minimum atomic E-state index is 0.536. The van der Waals surface area contributed by atoms with Crippen molar-refractivity contribution in [2.45, 2.75) is 38.5 Å². The fraction of sp³-hybridized carbons (Fsp3) is 0.111. The summed E-state index contributed by atoms with van der Waals surface area (Å²) in [6, 6.07) is 79.6. The average Bonchev–Trinajstić information content (AvgIpc) is 3.35. The summed E-state index contributed by atoms with van der Waals surface area (Å²) < 4.78 is 0. The molecule has 0 heteroatoms.